The fourth-order valence-corrected chi connectivity index (χ4v) is 5.78. The summed E-state index contributed by atoms with van der Waals surface area (Å²) in [4.78, 5) is 0. The Morgan fingerprint density at radius 1 is 0.610 bits per heavy atom. The van der Waals surface area contributed by atoms with Crippen LogP contribution in [0, 0.1) is 0 Å². The smallest absolute Gasteiger partial charge is 0.399 e. The summed E-state index contributed by atoms with van der Waals surface area (Å²) in [5.74, 6) is 0.534. The molecule has 0 radical (unpaired) electrons. The van der Waals surface area contributed by atoms with Crippen molar-refractivity contribution in [2.24, 2.45) is 0 Å². The van der Waals surface area contributed by atoms with Crippen LogP contribution in [0.4, 0.5) is 0 Å². The van der Waals surface area contributed by atoms with E-state index in [0.717, 1.165) is 44.8 Å². The first-order chi connectivity index (χ1) is 19.1. The highest BCUT2D eigenvalue weighted by Gasteiger charge is 2.53. The number of hydrogen-bond donors (Lipinski definition) is 0. The topological polar surface area (TPSA) is 41.9 Å². The standard InChI is InChI=1S/C34H43B2NO4/c1-11-22(2)23-12-16-26(17-13-23)37-29-18-14-24(35-38-31(3,4)32(5,6)39-35)20-27(29)28-21-25(15-19-30(28)37)36-40-33(7,8)34(9,10)41-36/h12-22H,11H2,1-10H3. The Hall–Kier alpha value is -2.57. The lowest BCUT2D eigenvalue weighted by molar-refractivity contribution is 0.00578. The minimum Gasteiger partial charge on any atom is -0.399 e. The highest BCUT2D eigenvalue weighted by Crippen LogP contribution is 2.39. The van der Waals surface area contributed by atoms with Crippen molar-refractivity contribution >= 4 is 47.0 Å². The van der Waals surface area contributed by atoms with Crippen LogP contribution in [-0.2, 0) is 18.6 Å². The second-order valence-corrected chi connectivity index (χ2v) is 14.0. The second-order valence-electron chi connectivity index (χ2n) is 14.0. The zero-order chi connectivity index (χ0) is 29.5. The van der Waals surface area contributed by atoms with E-state index >= 15 is 0 Å². The van der Waals surface area contributed by atoms with E-state index in [1.165, 1.54) is 5.56 Å². The Morgan fingerprint density at radius 3 is 1.37 bits per heavy atom. The van der Waals surface area contributed by atoms with Crippen LogP contribution in [0.2, 0.25) is 0 Å². The largest absolute Gasteiger partial charge is 0.494 e. The van der Waals surface area contributed by atoms with Crippen LogP contribution in [-0.4, -0.2) is 41.2 Å². The Labute approximate surface area is 245 Å². The highest BCUT2D eigenvalue weighted by molar-refractivity contribution is 6.63. The van der Waals surface area contributed by atoms with E-state index in [1.807, 2.05) is 0 Å². The average Bonchev–Trinajstić information content (AvgIpc) is 3.44. The maximum atomic E-state index is 6.43. The summed E-state index contributed by atoms with van der Waals surface area (Å²) in [6.45, 7) is 21.3. The molecule has 0 amide bonds. The lowest BCUT2D eigenvalue weighted by Gasteiger charge is -2.32. The van der Waals surface area contributed by atoms with Gasteiger partial charge < -0.3 is 23.2 Å². The van der Waals surface area contributed by atoms with Gasteiger partial charge in [-0.25, -0.2) is 0 Å². The zero-order valence-corrected chi connectivity index (χ0v) is 26.3. The van der Waals surface area contributed by atoms with E-state index in [4.69, 9.17) is 18.6 Å². The summed E-state index contributed by atoms with van der Waals surface area (Å²) in [5, 5.41) is 2.30. The molecule has 5 nitrogen and oxygen atoms in total. The predicted molar refractivity (Wildman–Crippen MR) is 171 cm³/mol. The van der Waals surface area contributed by atoms with Crippen molar-refractivity contribution in [3.63, 3.8) is 0 Å². The average molecular weight is 551 g/mol. The van der Waals surface area contributed by atoms with Gasteiger partial charge in [-0.2, -0.15) is 0 Å². The lowest BCUT2D eigenvalue weighted by Crippen LogP contribution is -2.41. The molecule has 0 N–H and O–H groups in total. The first-order valence-corrected chi connectivity index (χ1v) is 15.0. The van der Waals surface area contributed by atoms with Crippen molar-refractivity contribution in [1.29, 1.82) is 0 Å². The predicted octanol–water partition coefficient (Wildman–Crippen LogP) is 6.90. The SMILES string of the molecule is CCC(C)c1ccc(-n2c3ccc(B4OC(C)(C)C(C)(C)O4)cc3c3cc(B4OC(C)(C)C(C)(C)O4)ccc32)cc1. The molecule has 6 rings (SSSR count). The minimum atomic E-state index is -0.427. The molecule has 0 bridgehead atoms. The number of aromatic nitrogens is 1. The number of rotatable bonds is 5. The first-order valence-electron chi connectivity index (χ1n) is 15.0. The van der Waals surface area contributed by atoms with E-state index in [9.17, 15) is 0 Å². The molecule has 0 aliphatic carbocycles. The van der Waals surface area contributed by atoms with Crippen LogP contribution in [0.3, 0.4) is 0 Å². The van der Waals surface area contributed by atoms with Crippen LogP contribution >= 0.6 is 0 Å². The summed E-state index contributed by atoms with van der Waals surface area (Å²) in [5.41, 5.74) is 5.22. The van der Waals surface area contributed by atoms with Gasteiger partial charge >= 0.3 is 14.2 Å². The van der Waals surface area contributed by atoms with Gasteiger partial charge in [0.2, 0.25) is 0 Å². The number of fused-ring (bicyclic) bond motifs is 3. The van der Waals surface area contributed by atoms with E-state index in [-0.39, 0.29) is 0 Å². The van der Waals surface area contributed by atoms with Gasteiger partial charge in [-0.3, -0.25) is 0 Å². The van der Waals surface area contributed by atoms with E-state index in [1.54, 1.807) is 0 Å². The van der Waals surface area contributed by atoms with Gasteiger partial charge in [0.05, 0.1) is 33.4 Å². The van der Waals surface area contributed by atoms with Gasteiger partial charge in [0.15, 0.2) is 0 Å². The lowest BCUT2D eigenvalue weighted by atomic mass is 9.77. The normalized spacial score (nSPS) is 21.7. The first kappa shape index (κ1) is 28.5. The molecule has 214 valence electrons. The number of benzene rings is 3. The zero-order valence-electron chi connectivity index (χ0n) is 26.3. The van der Waals surface area contributed by atoms with E-state index < -0.39 is 36.6 Å². The van der Waals surface area contributed by atoms with Crippen LogP contribution in [0.15, 0.2) is 60.7 Å². The molecule has 41 heavy (non-hydrogen) atoms. The van der Waals surface area contributed by atoms with Gasteiger partial charge in [-0.1, -0.05) is 50.2 Å². The molecule has 4 aromatic rings. The van der Waals surface area contributed by atoms with Gasteiger partial charge in [-0.15, -0.1) is 0 Å². The van der Waals surface area contributed by atoms with Crippen LogP contribution in [0.1, 0.15) is 87.1 Å². The third-order valence-corrected chi connectivity index (χ3v) is 10.2. The Bertz CT molecular complexity index is 1490. The molecule has 2 fully saturated rings. The van der Waals surface area contributed by atoms with Crippen LogP contribution < -0.4 is 10.9 Å². The minimum absolute atomic E-state index is 0.401. The van der Waals surface area contributed by atoms with Crippen molar-refractivity contribution in [3.05, 3.63) is 66.2 Å². The number of nitrogens with zero attached hydrogens (tertiary/aromatic N) is 1. The Kier molecular flexibility index (Phi) is 6.59. The summed E-state index contributed by atoms with van der Waals surface area (Å²) in [6, 6.07) is 22.2. The maximum Gasteiger partial charge on any atom is 0.494 e. The van der Waals surface area contributed by atoms with Crippen molar-refractivity contribution in [2.75, 3.05) is 0 Å². The molecule has 2 aliphatic heterocycles. The molecule has 0 spiro atoms. The second kappa shape index (κ2) is 9.47. The Morgan fingerprint density at radius 2 is 1.00 bits per heavy atom. The summed E-state index contributed by atoms with van der Waals surface area (Å²) in [6.07, 6.45) is 1.12. The van der Waals surface area contributed by atoms with Gasteiger partial charge in [-0.05, 0) is 108 Å². The van der Waals surface area contributed by atoms with Gasteiger partial charge in [0.1, 0.15) is 0 Å². The van der Waals surface area contributed by atoms with Gasteiger partial charge in [0, 0.05) is 16.5 Å². The maximum absolute atomic E-state index is 6.43. The molecular weight excluding hydrogens is 508 g/mol. The molecule has 1 aromatic heterocycles. The van der Waals surface area contributed by atoms with Crippen LogP contribution in [0.5, 0.6) is 0 Å². The monoisotopic (exact) mass is 551 g/mol. The third kappa shape index (κ3) is 4.57. The molecule has 1 unspecified atom stereocenters. The fraction of sp³-hybridized carbons (Fsp3) is 0.471. The molecule has 2 saturated heterocycles. The number of hydrogen-bond acceptors (Lipinski definition) is 4. The molecule has 3 aromatic carbocycles. The van der Waals surface area contributed by atoms with E-state index in [0.29, 0.717) is 5.92 Å². The summed E-state index contributed by atoms with van der Waals surface area (Å²) >= 11 is 0. The van der Waals surface area contributed by atoms with E-state index in [2.05, 4.69) is 134 Å². The molecule has 1 atom stereocenters. The van der Waals surface area contributed by atoms with Crippen molar-refractivity contribution in [2.45, 2.75) is 104 Å². The molecule has 7 heteroatoms. The summed E-state index contributed by atoms with van der Waals surface area (Å²) < 4.78 is 28.1. The quantitative estimate of drug-likeness (QED) is 0.253. The molecule has 3 heterocycles. The van der Waals surface area contributed by atoms with Gasteiger partial charge in [0.25, 0.3) is 0 Å². The molecule has 0 saturated carbocycles. The fourth-order valence-electron chi connectivity index (χ4n) is 5.78. The Balaban J connectivity index is 1.51. The highest BCUT2D eigenvalue weighted by atomic mass is 16.7. The summed E-state index contributed by atoms with van der Waals surface area (Å²) in [7, 11) is -0.854. The van der Waals surface area contributed by atoms with Crippen molar-refractivity contribution < 1.29 is 18.6 Å². The van der Waals surface area contributed by atoms with Crippen molar-refractivity contribution in [1.82, 2.24) is 4.57 Å². The van der Waals surface area contributed by atoms with Crippen LogP contribution in [0.25, 0.3) is 27.5 Å². The molecular formula is C34H43B2NO4. The van der Waals surface area contributed by atoms with Crippen molar-refractivity contribution in [3.8, 4) is 5.69 Å². The third-order valence-electron chi connectivity index (χ3n) is 10.2. The molecule has 2 aliphatic rings.